The highest BCUT2D eigenvalue weighted by molar-refractivity contribution is 7.90. The third-order valence-corrected chi connectivity index (χ3v) is 4.74. The van der Waals surface area contributed by atoms with E-state index in [1.54, 1.807) is 6.07 Å². The Morgan fingerprint density at radius 2 is 2.13 bits per heavy atom. The monoisotopic (exact) mass is 343 g/mol. The average Bonchev–Trinajstić information content (AvgIpc) is 2.45. The van der Waals surface area contributed by atoms with Crippen LogP contribution in [0.1, 0.15) is 0 Å². The van der Waals surface area contributed by atoms with Crippen molar-refractivity contribution in [3.63, 3.8) is 0 Å². The number of rotatable bonds is 5. The minimum absolute atomic E-state index is 0.0831. The number of likely N-dealkylation sites (N-methyl/N-ethyl adjacent to an activating group) is 1. The predicted molar refractivity (Wildman–Crippen MR) is 86.7 cm³/mol. The van der Waals surface area contributed by atoms with Crippen LogP contribution in [0.4, 0.5) is 11.4 Å². The number of nitro benzene ring substituents is 1. The van der Waals surface area contributed by atoms with Crippen molar-refractivity contribution in [3.8, 4) is 0 Å². The van der Waals surface area contributed by atoms with Crippen molar-refractivity contribution in [1.82, 2.24) is 4.90 Å². The standard InChI is InChI=1S/C14H21N3O5S/c1-15(2)9-11-10-16(7-8-22-11)12-5-4-6-13(23(3,20)21)14(12)17(18)19/h4-6,11H,7-10H2,1-3H3. The van der Waals surface area contributed by atoms with Gasteiger partial charge in [-0.1, -0.05) is 6.07 Å². The summed E-state index contributed by atoms with van der Waals surface area (Å²) in [6.07, 6.45) is 0.896. The van der Waals surface area contributed by atoms with E-state index in [1.165, 1.54) is 12.1 Å². The molecule has 0 bridgehead atoms. The molecule has 1 fully saturated rings. The van der Waals surface area contributed by atoms with Gasteiger partial charge in [-0.15, -0.1) is 0 Å². The lowest BCUT2D eigenvalue weighted by atomic mass is 10.2. The van der Waals surface area contributed by atoms with E-state index >= 15 is 0 Å². The second-order valence-corrected chi connectivity index (χ2v) is 7.84. The van der Waals surface area contributed by atoms with E-state index in [4.69, 9.17) is 4.74 Å². The number of para-hydroxylation sites is 1. The molecular weight excluding hydrogens is 322 g/mol. The third kappa shape index (κ3) is 4.18. The fraction of sp³-hybridized carbons (Fsp3) is 0.571. The van der Waals surface area contributed by atoms with Gasteiger partial charge in [0.1, 0.15) is 10.6 Å². The van der Waals surface area contributed by atoms with Gasteiger partial charge in [0.25, 0.3) is 0 Å². The summed E-state index contributed by atoms with van der Waals surface area (Å²) in [5, 5.41) is 11.5. The number of anilines is 1. The fourth-order valence-corrected chi connectivity index (χ4v) is 3.56. The van der Waals surface area contributed by atoms with Gasteiger partial charge in [0.2, 0.25) is 0 Å². The summed E-state index contributed by atoms with van der Waals surface area (Å²) < 4.78 is 29.4. The highest BCUT2D eigenvalue weighted by Gasteiger charge is 2.31. The van der Waals surface area contributed by atoms with Crippen LogP contribution in [0, 0.1) is 10.1 Å². The number of morpholine rings is 1. The molecular formula is C14H21N3O5S. The van der Waals surface area contributed by atoms with Crippen molar-refractivity contribution in [1.29, 1.82) is 0 Å². The largest absolute Gasteiger partial charge is 0.373 e. The van der Waals surface area contributed by atoms with Gasteiger partial charge >= 0.3 is 5.69 Å². The molecule has 2 rings (SSSR count). The summed E-state index contributed by atoms with van der Waals surface area (Å²) in [5.41, 5.74) is -0.0366. The van der Waals surface area contributed by atoms with Gasteiger partial charge in [-0.25, -0.2) is 8.42 Å². The molecule has 0 saturated carbocycles. The van der Waals surface area contributed by atoms with Crippen LogP contribution >= 0.6 is 0 Å². The van der Waals surface area contributed by atoms with Gasteiger partial charge in [0, 0.05) is 25.9 Å². The molecule has 8 nitrogen and oxygen atoms in total. The molecule has 9 heteroatoms. The van der Waals surface area contributed by atoms with Gasteiger partial charge < -0.3 is 14.5 Å². The first-order valence-corrected chi connectivity index (χ1v) is 9.08. The molecule has 1 aromatic carbocycles. The van der Waals surface area contributed by atoms with E-state index in [2.05, 4.69) is 0 Å². The number of sulfone groups is 1. The van der Waals surface area contributed by atoms with Gasteiger partial charge in [-0.2, -0.15) is 0 Å². The Balaban J connectivity index is 2.41. The molecule has 0 N–H and O–H groups in total. The molecule has 128 valence electrons. The first-order valence-electron chi connectivity index (χ1n) is 7.19. The zero-order chi connectivity index (χ0) is 17.2. The molecule has 1 aliphatic rings. The zero-order valence-corrected chi connectivity index (χ0v) is 14.2. The third-order valence-electron chi connectivity index (χ3n) is 3.61. The van der Waals surface area contributed by atoms with Crippen LogP contribution in [-0.4, -0.2) is 70.9 Å². The molecule has 1 unspecified atom stereocenters. The lowest BCUT2D eigenvalue weighted by molar-refractivity contribution is -0.387. The first-order chi connectivity index (χ1) is 10.7. The molecule has 0 aromatic heterocycles. The van der Waals surface area contributed by atoms with Crippen LogP contribution in [-0.2, 0) is 14.6 Å². The number of nitro groups is 1. The smallest absolute Gasteiger partial charge is 0.311 e. The Bertz CT molecular complexity index is 690. The fourth-order valence-electron chi connectivity index (χ4n) is 2.70. The maximum absolute atomic E-state index is 11.8. The summed E-state index contributed by atoms with van der Waals surface area (Å²) >= 11 is 0. The molecule has 1 saturated heterocycles. The Labute approximate surface area is 135 Å². The van der Waals surface area contributed by atoms with E-state index < -0.39 is 14.8 Å². The highest BCUT2D eigenvalue weighted by atomic mass is 32.2. The van der Waals surface area contributed by atoms with E-state index in [9.17, 15) is 18.5 Å². The van der Waals surface area contributed by atoms with E-state index in [0.717, 1.165) is 6.26 Å². The van der Waals surface area contributed by atoms with Crippen LogP contribution in [0.25, 0.3) is 0 Å². The number of ether oxygens (including phenoxy) is 1. The maximum atomic E-state index is 11.8. The second kappa shape index (κ2) is 6.81. The summed E-state index contributed by atoms with van der Waals surface area (Å²) in [7, 11) is 0.171. The van der Waals surface area contributed by atoms with Crippen molar-refractivity contribution in [3.05, 3.63) is 28.3 Å². The molecule has 1 aliphatic heterocycles. The van der Waals surface area contributed by atoms with Crippen molar-refractivity contribution in [2.75, 3.05) is 51.5 Å². The second-order valence-electron chi connectivity index (χ2n) is 5.85. The lowest BCUT2D eigenvalue weighted by Crippen LogP contribution is -2.46. The molecule has 1 heterocycles. The summed E-state index contributed by atoms with van der Waals surface area (Å²) in [6.45, 7) is 2.10. The van der Waals surface area contributed by atoms with Crippen LogP contribution in [0.15, 0.2) is 23.1 Å². The highest BCUT2D eigenvalue weighted by Crippen LogP contribution is 2.35. The van der Waals surface area contributed by atoms with Crippen molar-refractivity contribution in [2.24, 2.45) is 0 Å². The zero-order valence-electron chi connectivity index (χ0n) is 13.4. The Morgan fingerprint density at radius 1 is 1.43 bits per heavy atom. The van der Waals surface area contributed by atoms with Gasteiger partial charge in [-0.3, -0.25) is 10.1 Å². The predicted octanol–water partition coefficient (Wildman–Crippen LogP) is 0.765. The molecule has 1 aromatic rings. The topological polar surface area (TPSA) is 93.0 Å². The van der Waals surface area contributed by atoms with Crippen molar-refractivity contribution < 1.29 is 18.1 Å². The maximum Gasteiger partial charge on any atom is 0.311 e. The van der Waals surface area contributed by atoms with E-state index in [-0.39, 0.29) is 16.7 Å². The Hall–Kier alpha value is -1.71. The number of hydrogen-bond donors (Lipinski definition) is 0. The SMILES string of the molecule is CN(C)CC1CN(c2cccc(S(C)(=O)=O)c2[N+](=O)[O-])CCO1. The minimum Gasteiger partial charge on any atom is -0.373 e. The lowest BCUT2D eigenvalue weighted by Gasteiger charge is -2.35. The van der Waals surface area contributed by atoms with Crippen molar-refractivity contribution >= 4 is 21.2 Å². The minimum atomic E-state index is -3.68. The number of benzene rings is 1. The van der Waals surface area contributed by atoms with Gasteiger partial charge in [0.15, 0.2) is 9.84 Å². The van der Waals surface area contributed by atoms with Gasteiger partial charge in [0.05, 0.1) is 17.6 Å². The van der Waals surface area contributed by atoms with Gasteiger partial charge in [-0.05, 0) is 26.2 Å². The molecule has 23 heavy (non-hydrogen) atoms. The average molecular weight is 343 g/mol. The molecule has 1 atom stereocenters. The Morgan fingerprint density at radius 3 is 2.70 bits per heavy atom. The Kier molecular flexibility index (Phi) is 5.23. The summed E-state index contributed by atoms with van der Waals surface area (Å²) in [5.74, 6) is 0. The number of nitrogens with zero attached hydrogens (tertiary/aromatic N) is 3. The van der Waals surface area contributed by atoms with Crippen LogP contribution < -0.4 is 4.90 Å². The van der Waals surface area contributed by atoms with Crippen LogP contribution in [0.2, 0.25) is 0 Å². The first kappa shape index (κ1) is 17.6. The summed E-state index contributed by atoms with van der Waals surface area (Å²) in [4.78, 5) is 14.4. The summed E-state index contributed by atoms with van der Waals surface area (Å²) in [6, 6.07) is 4.40. The normalized spacial score (nSPS) is 19.1. The molecule has 0 spiro atoms. The van der Waals surface area contributed by atoms with Crippen LogP contribution in [0.3, 0.4) is 0 Å². The molecule has 0 amide bonds. The molecule has 0 radical (unpaired) electrons. The van der Waals surface area contributed by atoms with Crippen molar-refractivity contribution in [2.45, 2.75) is 11.0 Å². The molecule has 0 aliphatic carbocycles. The quantitative estimate of drug-likeness (QED) is 0.576. The van der Waals surface area contributed by atoms with E-state index in [0.29, 0.717) is 31.9 Å². The number of hydrogen-bond acceptors (Lipinski definition) is 7. The van der Waals surface area contributed by atoms with Crippen LogP contribution in [0.5, 0.6) is 0 Å². The van der Waals surface area contributed by atoms with E-state index in [1.807, 2.05) is 23.9 Å².